The van der Waals surface area contributed by atoms with Gasteiger partial charge in [0, 0.05) is 24.5 Å². The zero-order valence-electron chi connectivity index (χ0n) is 17.7. The Hall–Kier alpha value is -3.29. The van der Waals surface area contributed by atoms with Gasteiger partial charge in [-0.3, -0.25) is 4.79 Å². The molecule has 1 N–H and O–H groups in total. The van der Waals surface area contributed by atoms with E-state index in [0.29, 0.717) is 30.4 Å². The van der Waals surface area contributed by atoms with Crippen LogP contribution in [0.2, 0.25) is 0 Å². The minimum absolute atomic E-state index is 0.0909. The lowest BCUT2D eigenvalue weighted by atomic mass is 9.62. The minimum Gasteiger partial charge on any atom is -0.382 e. The van der Waals surface area contributed by atoms with Crippen molar-refractivity contribution in [1.82, 2.24) is 24.9 Å². The normalized spacial score (nSPS) is 22.2. The molecular formula is C23H25FN6O. The number of fused-ring (bicyclic) bond motifs is 2. The highest BCUT2D eigenvalue weighted by Crippen LogP contribution is 2.49. The molecule has 0 spiro atoms. The number of piperidine rings is 2. The second-order valence-corrected chi connectivity index (χ2v) is 8.70. The molecule has 31 heavy (non-hydrogen) atoms. The lowest BCUT2D eigenvalue weighted by Gasteiger charge is -2.59. The molecule has 1 saturated carbocycles. The lowest BCUT2D eigenvalue weighted by molar-refractivity contribution is -0.0490. The number of nitrogens with one attached hydrogen (secondary N) is 1. The lowest BCUT2D eigenvalue weighted by Crippen LogP contribution is -2.67. The first-order valence-electron chi connectivity index (χ1n) is 10.6. The van der Waals surface area contributed by atoms with Gasteiger partial charge in [0.2, 0.25) is 0 Å². The Morgan fingerprint density at radius 2 is 1.97 bits per heavy atom. The molecule has 6 rings (SSSR count). The zero-order chi connectivity index (χ0) is 21.6. The maximum atomic E-state index is 13.7. The number of benzene rings is 1. The number of carbonyl (C=O) groups is 1. The van der Waals surface area contributed by atoms with Gasteiger partial charge in [-0.2, -0.15) is 10.2 Å². The van der Waals surface area contributed by atoms with E-state index >= 15 is 0 Å². The molecule has 1 aromatic carbocycles. The van der Waals surface area contributed by atoms with Crippen LogP contribution < -0.4 is 5.32 Å². The van der Waals surface area contributed by atoms with Crippen LogP contribution in [0, 0.1) is 25.6 Å². The summed E-state index contributed by atoms with van der Waals surface area (Å²) < 4.78 is 13.5. The van der Waals surface area contributed by atoms with Gasteiger partial charge in [-0.25, -0.2) is 9.37 Å². The van der Waals surface area contributed by atoms with Crippen LogP contribution in [0.4, 0.5) is 10.1 Å². The maximum absolute atomic E-state index is 13.7. The molecule has 3 aromatic rings. The van der Waals surface area contributed by atoms with E-state index in [4.69, 9.17) is 0 Å². The molecule has 2 aromatic heterocycles. The molecule has 3 fully saturated rings. The van der Waals surface area contributed by atoms with Crippen LogP contribution in [0.3, 0.4) is 0 Å². The van der Waals surface area contributed by atoms with Gasteiger partial charge in [0.05, 0.1) is 17.9 Å². The van der Waals surface area contributed by atoms with Crippen molar-refractivity contribution >= 4 is 11.6 Å². The average molecular weight is 420 g/mol. The van der Waals surface area contributed by atoms with E-state index in [9.17, 15) is 9.18 Å². The quantitative estimate of drug-likeness (QED) is 0.684. The first-order valence-corrected chi connectivity index (χ1v) is 10.6. The van der Waals surface area contributed by atoms with Crippen LogP contribution in [0.5, 0.6) is 0 Å². The highest BCUT2D eigenvalue weighted by molar-refractivity contribution is 5.96. The van der Waals surface area contributed by atoms with Gasteiger partial charge in [0.25, 0.3) is 5.91 Å². The Morgan fingerprint density at radius 1 is 1.19 bits per heavy atom. The molecule has 0 radical (unpaired) electrons. The third-order valence-corrected chi connectivity index (χ3v) is 6.56. The van der Waals surface area contributed by atoms with Crippen LogP contribution in [-0.2, 0) is 0 Å². The standard InChI is InChI=1S/C23H25FN6O/c1-15-11-18(24)4-5-19(15)25-14-23-12-17(13-23)7-10-29(23)22(31)21-20(6-3-16(2)28-21)30-26-8-9-27-30/h3-6,8-9,11,17,25H,7,10,12-14H2,1-2H3. The molecule has 1 aliphatic carbocycles. The Labute approximate surface area is 180 Å². The van der Waals surface area contributed by atoms with E-state index in [1.54, 1.807) is 18.5 Å². The smallest absolute Gasteiger partial charge is 0.275 e. The van der Waals surface area contributed by atoms with Gasteiger partial charge < -0.3 is 10.2 Å². The highest BCUT2D eigenvalue weighted by Gasteiger charge is 2.54. The van der Waals surface area contributed by atoms with Crippen LogP contribution in [-0.4, -0.2) is 49.4 Å². The highest BCUT2D eigenvalue weighted by atomic mass is 19.1. The summed E-state index contributed by atoms with van der Waals surface area (Å²) >= 11 is 0. The van der Waals surface area contributed by atoms with Crippen molar-refractivity contribution in [3.05, 3.63) is 65.5 Å². The van der Waals surface area contributed by atoms with Crippen molar-refractivity contribution in [2.75, 3.05) is 18.4 Å². The number of rotatable bonds is 5. The third-order valence-electron chi connectivity index (χ3n) is 6.56. The van der Waals surface area contributed by atoms with E-state index in [-0.39, 0.29) is 17.3 Å². The summed E-state index contributed by atoms with van der Waals surface area (Å²) in [5.74, 6) is 0.314. The van der Waals surface area contributed by atoms with Gasteiger partial charge >= 0.3 is 0 Å². The fraction of sp³-hybridized carbons (Fsp3) is 0.391. The molecule has 2 bridgehead atoms. The van der Waals surface area contributed by atoms with Crippen LogP contribution in [0.1, 0.15) is 41.0 Å². The second-order valence-electron chi connectivity index (χ2n) is 8.70. The first kappa shape index (κ1) is 19.7. The summed E-state index contributed by atoms with van der Waals surface area (Å²) in [6.45, 7) is 5.09. The van der Waals surface area contributed by atoms with E-state index in [1.165, 1.54) is 16.9 Å². The fourth-order valence-electron chi connectivity index (χ4n) is 4.97. The number of hydrogen-bond donors (Lipinski definition) is 1. The average Bonchev–Trinajstić information content (AvgIpc) is 3.26. The van der Waals surface area contributed by atoms with Gasteiger partial charge in [-0.05, 0) is 74.9 Å². The third kappa shape index (κ3) is 3.45. The van der Waals surface area contributed by atoms with Crippen molar-refractivity contribution in [2.45, 2.75) is 38.6 Å². The Kier molecular flexibility index (Phi) is 4.72. The van der Waals surface area contributed by atoms with Gasteiger partial charge in [-0.15, -0.1) is 4.80 Å². The van der Waals surface area contributed by atoms with E-state index in [2.05, 4.69) is 20.5 Å². The molecule has 7 nitrogen and oxygen atoms in total. The number of nitrogens with zero attached hydrogens (tertiary/aromatic N) is 5. The van der Waals surface area contributed by atoms with Crippen molar-refractivity contribution in [2.24, 2.45) is 5.92 Å². The molecular weight excluding hydrogens is 395 g/mol. The van der Waals surface area contributed by atoms with Crippen LogP contribution in [0.25, 0.3) is 5.69 Å². The predicted octanol–water partition coefficient (Wildman–Crippen LogP) is 3.53. The maximum Gasteiger partial charge on any atom is 0.275 e. The summed E-state index contributed by atoms with van der Waals surface area (Å²) in [5.41, 5.74) is 3.22. The number of hydrogen-bond acceptors (Lipinski definition) is 5. The largest absolute Gasteiger partial charge is 0.382 e. The van der Waals surface area contributed by atoms with Crippen molar-refractivity contribution in [3.63, 3.8) is 0 Å². The zero-order valence-corrected chi connectivity index (χ0v) is 17.7. The molecule has 2 aliphatic heterocycles. The number of anilines is 1. The predicted molar refractivity (Wildman–Crippen MR) is 115 cm³/mol. The molecule has 8 heteroatoms. The second kappa shape index (κ2) is 7.44. The Morgan fingerprint density at radius 3 is 2.71 bits per heavy atom. The number of aryl methyl sites for hydroxylation is 2. The molecule has 0 atom stereocenters. The van der Waals surface area contributed by atoms with Crippen LogP contribution >= 0.6 is 0 Å². The summed E-state index contributed by atoms with van der Waals surface area (Å²) in [4.78, 5) is 21.7. The minimum atomic E-state index is -0.263. The van der Waals surface area contributed by atoms with Crippen molar-refractivity contribution in [3.8, 4) is 5.69 Å². The summed E-state index contributed by atoms with van der Waals surface area (Å²) in [6.07, 6.45) is 6.11. The summed E-state index contributed by atoms with van der Waals surface area (Å²) in [5, 5.41) is 11.9. The van der Waals surface area contributed by atoms with Gasteiger partial charge in [0.15, 0.2) is 5.69 Å². The van der Waals surface area contributed by atoms with E-state index in [0.717, 1.165) is 36.2 Å². The monoisotopic (exact) mass is 420 g/mol. The summed E-state index contributed by atoms with van der Waals surface area (Å²) in [7, 11) is 0. The number of aromatic nitrogens is 4. The Bertz CT molecular complexity index is 1120. The topological polar surface area (TPSA) is 75.9 Å². The number of halogens is 1. The molecule has 160 valence electrons. The summed E-state index contributed by atoms with van der Waals surface area (Å²) in [6, 6.07) is 8.44. The van der Waals surface area contributed by atoms with E-state index < -0.39 is 0 Å². The molecule has 4 heterocycles. The number of carbonyl (C=O) groups excluding carboxylic acids is 1. The molecule has 1 amide bonds. The Balaban J connectivity index is 1.44. The fourth-order valence-corrected chi connectivity index (χ4v) is 4.97. The van der Waals surface area contributed by atoms with Crippen molar-refractivity contribution < 1.29 is 9.18 Å². The van der Waals surface area contributed by atoms with Gasteiger partial charge in [-0.1, -0.05) is 0 Å². The molecule has 3 aliphatic rings. The van der Waals surface area contributed by atoms with Crippen molar-refractivity contribution in [1.29, 1.82) is 0 Å². The SMILES string of the molecule is Cc1ccc(-n2nccn2)c(C(=O)N2CCC3CC2(CNc2ccc(F)cc2C)C3)n1. The number of pyridine rings is 1. The van der Waals surface area contributed by atoms with Crippen LogP contribution in [0.15, 0.2) is 42.7 Å². The van der Waals surface area contributed by atoms with E-state index in [1.807, 2.05) is 30.9 Å². The molecule has 2 saturated heterocycles. The first-order chi connectivity index (χ1) is 14.9. The number of amides is 1. The molecule has 0 unspecified atom stereocenters. The van der Waals surface area contributed by atoms with Gasteiger partial charge in [0.1, 0.15) is 11.5 Å².